The monoisotopic (exact) mass is 268 g/mol. The first kappa shape index (κ1) is 13.1. The molecule has 0 bridgehead atoms. The highest BCUT2D eigenvalue weighted by Gasteiger charge is 2.50. The zero-order valence-electron chi connectivity index (χ0n) is 12.2. The average Bonchev–Trinajstić information content (AvgIpc) is 3.07. The van der Waals surface area contributed by atoms with Crippen LogP contribution in [0.15, 0.2) is 30.5 Å². The Morgan fingerprint density at radius 1 is 1.40 bits per heavy atom. The van der Waals surface area contributed by atoms with Crippen LogP contribution < -0.4 is 5.32 Å². The largest absolute Gasteiger partial charge is 0.352 e. The highest BCUT2D eigenvalue weighted by atomic mass is 16.2. The van der Waals surface area contributed by atoms with Crippen molar-refractivity contribution in [3.8, 4) is 0 Å². The third kappa shape index (κ3) is 2.28. The molecule has 1 aliphatic carbocycles. The Hall–Kier alpha value is -1.90. The highest BCUT2D eigenvalue weighted by molar-refractivity contribution is 5.86. The van der Waals surface area contributed by atoms with Crippen LogP contribution >= 0.6 is 0 Å². The first-order valence-electron chi connectivity index (χ1n) is 7.10. The molecule has 1 atom stereocenters. The summed E-state index contributed by atoms with van der Waals surface area (Å²) in [6, 6.07) is 8.16. The lowest BCUT2D eigenvalue weighted by atomic mass is 10.0. The molecule has 20 heavy (non-hydrogen) atoms. The van der Waals surface area contributed by atoms with Crippen molar-refractivity contribution in [2.45, 2.75) is 33.7 Å². The Kier molecular flexibility index (Phi) is 3.00. The summed E-state index contributed by atoms with van der Waals surface area (Å²) in [7, 11) is 0. The van der Waals surface area contributed by atoms with Crippen molar-refractivity contribution in [2.24, 2.45) is 11.3 Å². The summed E-state index contributed by atoms with van der Waals surface area (Å²) in [5, 5.41) is 4.19. The zero-order valence-corrected chi connectivity index (χ0v) is 12.2. The minimum Gasteiger partial charge on any atom is -0.352 e. The van der Waals surface area contributed by atoms with E-state index in [0.29, 0.717) is 6.54 Å². The second-order valence-electron chi connectivity index (χ2n) is 6.40. The minimum atomic E-state index is 0.174. The standard InChI is InChI=1S/C17H20N2O/c1-11-6-7-12(13-5-4-8-18-15(11)13)10-19-16(20)14-9-17(14,2)3/h4-8,14H,9-10H2,1-3H3,(H,19,20)/t14-/m0/s1. The lowest BCUT2D eigenvalue weighted by Crippen LogP contribution is -2.26. The highest BCUT2D eigenvalue weighted by Crippen LogP contribution is 2.51. The summed E-state index contributed by atoms with van der Waals surface area (Å²) in [6.07, 6.45) is 2.81. The molecule has 0 saturated heterocycles. The van der Waals surface area contributed by atoms with E-state index in [1.54, 1.807) is 0 Å². The van der Waals surface area contributed by atoms with Gasteiger partial charge < -0.3 is 5.32 Å². The van der Waals surface area contributed by atoms with Crippen LogP contribution in [0.25, 0.3) is 10.9 Å². The molecule has 3 heteroatoms. The summed E-state index contributed by atoms with van der Waals surface area (Å²) >= 11 is 0. The van der Waals surface area contributed by atoms with Gasteiger partial charge in [-0.15, -0.1) is 0 Å². The molecule has 3 rings (SSSR count). The molecule has 1 fully saturated rings. The van der Waals surface area contributed by atoms with Crippen LogP contribution in [0.4, 0.5) is 0 Å². The topological polar surface area (TPSA) is 42.0 Å². The summed E-state index contributed by atoms with van der Waals surface area (Å²) in [6.45, 7) is 6.92. The van der Waals surface area contributed by atoms with Gasteiger partial charge in [0.25, 0.3) is 0 Å². The fourth-order valence-corrected chi connectivity index (χ4v) is 2.75. The van der Waals surface area contributed by atoms with Gasteiger partial charge in [-0.3, -0.25) is 9.78 Å². The fraction of sp³-hybridized carbons (Fsp3) is 0.412. The molecule has 1 aliphatic rings. The maximum absolute atomic E-state index is 12.1. The summed E-state index contributed by atoms with van der Waals surface area (Å²) in [5.74, 6) is 0.352. The Morgan fingerprint density at radius 3 is 2.85 bits per heavy atom. The first-order chi connectivity index (χ1) is 9.49. The third-order valence-electron chi connectivity index (χ3n) is 4.34. The smallest absolute Gasteiger partial charge is 0.223 e. The van der Waals surface area contributed by atoms with Crippen molar-refractivity contribution in [3.05, 3.63) is 41.6 Å². The van der Waals surface area contributed by atoms with E-state index in [1.807, 2.05) is 12.3 Å². The van der Waals surface area contributed by atoms with Crippen molar-refractivity contribution in [1.29, 1.82) is 0 Å². The van der Waals surface area contributed by atoms with Crippen molar-refractivity contribution in [3.63, 3.8) is 0 Å². The van der Waals surface area contributed by atoms with Crippen molar-refractivity contribution >= 4 is 16.8 Å². The predicted molar refractivity (Wildman–Crippen MR) is 80.2 cm³/mol. The number of rotatable bonds is 3. The molecule has 0 unspecified atom stereocenters. The van der Waals surface area contributed by atoms with Gasteiger partial charge in [0.05, 0.1) is 5.52 Å². The SMILES string of the molecule is Cc1ccc(CNC(=O)[C@@H]2CC2(C)C)c2cccnc12. The number of nitrogens with one attached hydrogen (secondary N) is 1. The van der Waals surface area contributed by atoms with Crippen LogP contribution in [0, 0.1) is 18.3 Å². The molecule has 104 valence electrons. The molecule has 1 amide bonds. The van der Waals surface area contributed by atoms with Crippen molar-refractivity contribution < 1.29 is 4.79 Å². The molecule has 3 nitrogen and oxygen atoms in total. The molecule has 0 radical (unpaired) electrons. The molecule has 1 N–H and O–H groups in total. The van der Waals surface area contributed by atoms with Crippen LogP contribution in [0.2, 0.25) is 0 Å². The van der Waals surface area contributed by atoms with Crippen LogP contribution in [0.1, 0.15) is 31.4 Å². The van der Waals surface area contributed by atoms with Crippen LogP contribution in [-0.4, -0.2) is 10.9 Å². The molecule has 1 aromatic heterocycles. The Bertz CT molecular complexity index is 676. The van der Waals surface area contributed by atoms with Gasteiger partial charge in [0.15, 0.2) is 0 Å². The van der Waals surface area contributed by atoms with Gasteiger partial charge >= 0.3 is 0 Å². The lowest BCUT2D eigenvalue weighted by molar-refractivity contribution is -0.123. The molecule has 2 aromatic rings. The molecular formula is C17H20N2O. The van der Waals surface area contributed by atoms with Crippen LogP contribution in [0.3, 0.4) is 0 Å². The van der Waals surface area contributed by atoms with E-state index in [1.165, 1.54) is 5.56 Å². The second kappa shape index (κ2) is 4.58. The van der Waals surface area contributed by atoms with E-state index in [4.69, 9.17) is 0 Å². The average molecular weight is 268 g/mol. The summed E-state index contributed by atoms with van der Waals surface area (Å²) < 4.78 is 0. The van der Waals surface area contributed by atoms with Gasteiger partial charge in [-0.2, -0.15) is 0 Å². The Balaban J connectivity index is 1.78. The van der Waals surface area contributed by atoms with E-state index in [9.17, 15) is 4.79 Å². The fourth-order valence-electron chi connectivity index (χ4n) is 2.75. The van der Waals surface area contributed by atoms with Gasteiger partial charge in [-0.05, 0) is 36.0 Å². The number of carbonyl (C=O) groups is 1. The van der Waals surface area contributed by atoms with E-state index in [2.05, 4.69) is 49.3 Å². The molecule has 1 heterocycles. The van der Waals surface area contributed by atoms with Gasteiger partial charge in [-0.25, -0.2) is 0 Å². The summed E-state index contributed by atoms with van der Waals surface area (Å²) in [4.78, 5) is 16.5. The molecule has 1 aromatic carbocycles. The van der Waals surface area contributed by atoms with E-state index >= 15 is 0 Å². The van der Waals surface area contributed by atoms with Crippen LogP contribution in [-0.2, 0) is 11.3 Å². The number of hydrogen-bond donors (Lipinski definition) is 1. The van der Waals surface area contributed by atoms with Crippen molar-refractivity contribution in [1.82, 2.24) is 10.3 Å². The number of hydrogen-bond acceptors (Lipinski definition) is 2. The van der Waals surface area contributed by atoms with E-state index < -0.39 is 0 Å². The van der Waals surface area contributed by atoms with Gasteiger partial charge in [0.1, 0.15) is 0 Å². The van der Waals surface area contributed by atoms with E-state index in [-0.39, 0.29) is 17.2 Å². The maximum Gasteiger partial charge on any atom is 0.223 e. The number of nitrogens with zero attached hydrogens (tertiary/aromatic N) is 1. The maximum atomic E-state index is 12.1. The molecular weight excluding hydrogens is 248 g/mol. The second-order valence-corrected chi connectivity index (χ2v) is 6.40. The zero-order chi connectivity index (χ0) is 14.3. The number of benzene rings is 1. The van der Waals surface area contributed by atoms with Gasteiger partial charge in [-0.1, -0.05) is 32.0 Å². The number of aryl methyl sites for hydroxylation is 1. The third-order valence-corrected chi connectivity index (χ3v) is 4.34. The van der Waals surface area contributed by atoms with Gasteiger partial charge in [0.2, 0.25) is 5.91 Å². The van der Waals surface area contributed by atoms with E-state index in [0.717, 1.165) is 22.9 Å². The minimum absolute atomic E-state index is 0.174. The quantitative estimate of drug-likeness (QED) is 0.928. The number of carbonyl (C=O) groups excluding carboxylic acids is 1. The number of aromatic nitrogens is 1. The normalized spacial score (nSPS) is 19.9. The van der Waals surface area contributed by atoms with Crippen LogP contribution in [0.5, 0.6) is 0 Å². The Labute approximate surface area is 119 Å². The number of pyridine rings is 1. The van der Waals surface area contributed by atoms with Gasteiger partial charge in [0, 0.05) is 24.0 Å². The van der Waals surface area contributed by atoms with Crippen molar-refractivity contribution in [2.75, 3.05) is 0 Å². The Morgan fingerprint density at radius 2 is 2.15 bits per heavy atom. The first-order valence-corrected chi connectivity index (χ1v) is 7.10. The summed E-state index contributed by atoms with van der Waals surface area (Å²) in [5.41, 5.74) is 3.50. The predicted octanol–water partition coefficient (Wildman–Crippen LogP) is 3.21. The molecule has 1 saturated carbocycles. The number of amides is 1. The molecule has 0 spiro atoms. The molecule has 0 aliphatic heterocycles. The number of fused-ring (bicyclic) bond motifs is 1. The lowest BCUT2D eigenvalue weighted by Gasteiger charge is -2.10.